The third-order valence-corrected chi connectivity index (χ3v) is 5.16. The van der Waals surface area contributed by atoms with Crippen LogP contribution in [0.5, 0.6) is 0 Å². The molecule has 3 heterocycles. The molecule has 3 rings (SSSR count). The lowest BCUT2D eigenvalue weighted by Crippen LogP contribution is -2.52. The van der Waals surface area contributed by atoms with Crippen LogP contribution in [0.2, 0.25) is 0 Å². The Kier molecular flexibility index (Phi) is 5.14. The summed E-state index contributed by atoms with van der Waals surface area (Å²) in [7, 11) is 3.39. The number of hydrogen-bond donors (Lipinski definition) is 1. The van der Waals surface area contributed by atoms with Gasteiger partial charge in [0.2, 0.25) is 0 Å². The number of nitrogens with zero attached hydrogens (tertiary/aromatic N) is 4. The van der Waals surface area contributed by atoms with E-state index in [1.807, 2.05) is 0 Å². The summed E-state index contributed by atoms with van der Waals surface area (Å²) < 4.78 is 6.71. The maximum absolute atomic E-state index is 12.7. The third-order valence-electron chi connectivity index (χ3n) is 4.03. The largest absolute Gasteiger partial charge is 0.378 e. The molecule has 2 aromatic rings. The highest BCUT2D eigenvalue weighted by atomic mass is 32.1. The molecule has 1 aliphatic rings. The molecule has 134 valence electrons. The van der Waals surface area contributed by atoms with Crippen LogP contribution in [0.1, 0.15) is 33.2 Å². The van der Waals surface area contributed by atoms with Crippen molar-refractivity contribution in [2.24, 2.45) is 7.05 Å². The SMILES string of the molecule is COCc1nc(C)c(C(=O)NC2CCCN(c3ccn(C)n3)C2=O)s1. The summed E-state index contributed by atoms with van der Waals surface area (Å²) in [6.45, 7) is 2.77. The van der Waals surface area contributed by atoms with Gasteiger partial charge in [0.25, 0.3) is 11.8 Å². The molecule has 1 aliphatic heterocycles. The van der Waals surface area contributed by atoms with Crippen molar-refractivity contribution < 1.29 is 14.3 Å². The summed E-state index contributed by atoms with van der Waals surface area (Å²) in [4.78, 5) is 31.8. The van der Waals surface area contributed by atoms with Crippen LogP contribution in [0.4, 0.5) is 5.82 Å². The van der Waals surface area contributed by atoms with E-state index in [9.17, 15) is 9.59 Å². The van der Waals surface area contributed by atoms with Crippen LogP contribution < -0.4 is 10.2 Å². The van der Waals surface area contributed by atoms with Crippen LogP contribution in [-0.2, 0) is 23.2 Å². The number of carbonyl (C=O) groups excluding carboxylic acids is 2. The summed E-state index contributed by atoms with van der Waals surface area (Å²) >= 11 is 1.29. The quantitative estimate of drug-likeness (QED) is 0.864. The minimum atomic E-state index is -0.546. The van der Waals surface area contributed by atoms with Crippen molar-refractivity contribution in [1.82, 2.24) is 20.1 Å². The lowest BCUT2D eigenvalue weighted by molar-refractivity contribution is -0.121. The molecule has 0 aromatic carbocycles. The van der Waals surface area contributed by atoms with E-state index in [0.29, 0.717) is 36.0 Å². The molecule has 0 aliphatic carbocycles. The Hall–Kier alpha value is -2.26. The first-order valence-electron chi connectivity index (χ1n) is 8.06. The third kappa shape index (κ3) is 3.72. The van der Waals surface area contributed by atoms with Gasteiger partial charge in [-0.1, -0.05) is 0 Å². The molecule has 0 bridgehead atoms. The predicted molar refractivity (Wildman–Crippen MR) is 93.6 cm³/mol. The van der Waals surface area contributed by atoms with Gasteiger partial charge in [-0.25, -0.2) is 4.98 Å². The van der Waals surface area contributed by atoms with Crippen molar-refractivity contribution in [3.63, 3.8) is 0 Å². The molecular weight excluding hydrogens is 342 g/mol. The van der Waals surface area contributed by atoms with Crippen LogP contribution in [0, 0.1) is 6.92 Å². The molecule has 1 unspecified atom stereocenters. The van der Waals surface area contributed by atoms with E-state index in [0.717, 1.165) is 11.4 Å². The molecule has 25 heavy (non-hydrogen) atoms. The Morgan fingerprint density at radius 1 is 1.52 bits per heavy atom. The van der Waals surface area contributed by atoms with Crippen molar-refractivity contribution in [3.8, 4) is 0 Å². The molecule has 2 aromatic heterocycles. The zero-order valence-corrected chi connectivity index (χ0v) is 15.3. The Morgan fingerprint density at radius 2 is 2.32 bits per heavy atom. The molecule has 1 N–H and O–H groups in total. The smallest absolute Gasteiger partial charge is 0.263 e. The average Bonchev–Trinajstić information content (AvgIpc) is 3.15. The fraction of sp³-hybridized carbons (Fsp3) is 0.500. The number of nitrogens with one attached hydrogen (secondary N) is 1. The van der Waals surface area contributed by atoms with Crippen LogP contribution in [0.25, 0.3) is 0 Å². The zero-order valence-electron chi connectivity index (χ0n) is 14.5. The maximum Gasteiger partial charge on any atom is 0.263 e. The second-order valence-corrected chi connectivity index (χ2v) is 7.04. The summed E-state index contributed by atoms with van der Waals surface area (Å²) in [6, 6.07) is 1.25. The number of methoxy groups -OCH3 is 1. The number of rotatable bonds is 5. The van der Waals surface area contributed by atoms with Gasteiger partial charge >= 0.3 is 0 Å². The van der Waals surface area contributed by atoms with E-state index in [-0.39, 0.29) is 11.8 Å². The first-order chi connectivity index (χ1) is 12.0. The summed E-state index contributed by atoms with van der Waals surface area (Å²) in [5.41, 5.74) is 0.652. The molecule has 0 radical (unpaired) electrons. The minimum Gasteiger partial charge on any atom is -0.378 e. The van der Waals surface area contributed by atoms with Crippen molar-refractivity contribution >= 4 is 29.0 Å². The number of thiazole rings is 1. The van der Waals surface area contributed by atoms with Crippen molar-refractivity contribution in [2.75, 3.05) is 18.6 Å². The monoisotopic (exact) mass is 363 g/mol. The van der Waals surface area contributed by atoms with Gasteiger partial charge in [-0.15, -0.1) is 11.3 Å². The highest BCUT2D eigenvalue weighted by Crippen LogP contribution is 2.22. The van der Waals surface area contributed by atoms with E-state index >= 15 is 0 Å². The number of hydrogen-bond acceptors (Lipinski definition) is 6. The first-order valence-corrected chi connectivity index (χ1v) is 8.88. The molecule has 8 nitrogen and oxygen atoms in total. The number of anilines is 1. The zero-order chi connectivity index (χ0) is 18.0. The van der Waals surface area contributed by atoms with Gasteiger partial charge in [-0.05, 0) is 19.8 Å². The molecule has 1 saturated heterocycles. The topological polar surface area (TPSA) is 89.3 Å². The van der Waals surface area contributed by atoms with E-state index in [1.165, 1.54) is 11.3 Å². The van der Waals surface area contributed by atoms with Gasteiger partial charge in [0.05, 0.1) is 12.3 Å². The van der Waals surface area contributed by atoms with Gasteiger partial charge in [0.15, 0.2) is 5.82 Å². The van der Waals surface area contributed by atoms with Crippen LogP contribution in [0.3, 0.4) is 0 Å². The minimum absolute atomic E-state index is 0.127. The molecule has 0 spiro atoms. The Bertz CT molecular complexity index is 785. The summed E-state index contributed by atoms with van der Waals surface area (Å²) in [6.07, 6.45) is 3.23. The van der Waals surface area contributed by atoms with Crippen molar-refractivity contribution in [3.05, 3.63) is 27.8 Å². The van der Waals surface area contributed by atoms with E-state index < -0.39 is 6.04 Å². The second kappa shape index (κ2) is 7.32. The van der Waals surface area contributed by atoms with Crippen molar-refractivity contribution in [1.29, 1.82) is 0 Å². The fourth-order valence-corrected chi connectivity index (χ4v) is 3.80. The number of carbonyl (C=O) groups is 2. The number of amides is 2. The Labute approximate surface area is 149 Å². The Balaban J connectivity index is 1.71. The molecule has 9 heteroatoms. The number of aryl methyl sites for hydroxylation is 2. The maximum atomic E-state index is 12.7. The molecule has 1 fully saturated rings. The van der Waals surface area contributed by atoms with Gasteiger partial charge in [0.1, 0.15) is 15.9 Å². The predicted octanol–water partition coefficient (Wildman–Crippen LogP) is 1.26. The standard InChI is InChI=1S/C16H21N5O3S/c1-10-14(25-13(17-10)9-24-3)15(22)18-11-5-4-7-21(16(11)23)12-6-8-20(2)19-12/h6,8,11H,4-5,7,9H2,1-3H3,(H,18,22). The van der Waals surface area contributed by atoms with E-state index in [4.69, 9.17) is 4.74 Å². The van der Waals surface area contributed by atoms with Crippen LogP contribution >= 0.6 is 11.3 Å². The Morgan fingerprint density at radius 3 is 3.00 bits per heavy atom. The van der Waals surface area contributed by atoms with Crippen LogP contribution in [0.15, 0.2) is 12.3 Å². The highest BCUT2D eigenvalue weighted by Gasteiger charge is 2.32. The second-order valence-electron chi connectivity index (χ2n) is 5.96. The van der Waals surface area contributed by atoms with E-state index in [1.54, 1.807) is 42.9 Å². The number of aromatic nitrogens is 3. The first kappa shape index (κ1) is 17.6. The number of ether oxygens (including phenoxy) is 1. The van der Waals surface area contributed by atoms with Crippen LogP contribution in [-0.4, -0.2) is 46.3 Å². The van der Waals surface area contributed by atoms with Gasteiger partial charge in [0, 0.05) is 33.0 Å². The molecule has 2 amide bonds. The normalized spacial score (nSPS) is 17.8. The average molecular weight is 363 g/mol. The fourth-order valence-electron chi connectivity index (χ4n) is 2.86. The summed E-state index contributed by atoms with van der Waals surface area (Å²) in [5.74, 6) is 0.221. The van der Waals surface area contributed by atoms with Gasteiger partial charge in [-0.3, -0.25) is 19.2 Å². The van der Waals surface area contributed by atoms with Gasteiger partial charge in [-0.2, -0.15) is 5.10 Å². The molecular formula is C16H21N5O3S. The van der Waals surface area contributed by atoms with Crippen molar-refractivity contribution in [2.45, 2.75) is 32.4 Å². The van der Waals surface area contributed by atoms with Gasteiger partial charge < -0.3 is 10.1 Å². The lowest BCUT2D eigenvalue weighted by Gasteiger charge is -2.31. The molecule has 0 saturated carbocycles. The summed E-state index contributed by atoms with van der Waals surface area (Å²) in [5, 5.41) is 7.88. The molecule has 1 atom stereocenters. The highest BCUT2D eigenvalue weighted by molar-refractivity contribution is 7.13. The van der Waals surface area contributed by atoms with E-state index in [2.05, 4.69) is 15.4 Å². The number of piperidine rings is 1. The lowest BCUT2D eigenvalue weighted by atomic mass is 10.0.